The van der Waals surface area contributed by atoms with Gasteiger partial charge in [0.2, 0.25) is 0 Å². The highest BCUT2D eigenvalue weighted by molar-refractivity contribution is 14.1. The van der Waals surface area contributed by atoms with Crippen LogP contribution in [0.5, 0.6) is 0 Å². The Bertz CT molecular complexity index is 345. The van der Waals surface area contributed by atoms with Crippen LogP contribution in [0.15, 0.2) is 22.7 Å². The monoisotopic (exact) mass is 382 g/mol. The summed E-state index contributed by atoms with van der Waals surface area (Å²) in [5, 5.41) is 0. The average molecular weight is 383 g/mol. The Morgan fingerprint density at radius 1 is 1.53 bits per heavy atom. The smallest absolute Gasteiger partial charge is 0.338 e. The lowest BCUT2D eigenvalue weighted by Crippen LogP contribution is -2.14. The van der Waals surface area contributed by atoms with Crippen molar-refractivity contribution in [2.24, 2.45) is 0 Å². The van der Waals surface area contributed by atoms with E-state index in [0.29, 0.717) is 5.56 Å². The first-order chi connectivity index (χ1) is 7.02. The zero-order chi connectivity index (χ0) is 11.4. The molecule has 0 bridgehead atoms. The maximum Gasteiger partial charge on any atom is 0.338 e. The van der Waals surface area contributed by atoms with Gasteiger partial charge in [0.1, 0.15) is 0 Å². The molecule has 15 heavy (non-hydrogen) atoms. The van der Waals surface area contributed by atoms with E-state index in [-0.39, 0.29) is 12.1 Å². The second-order valence-corrected chi connectivity index (χ2v) is 5.44. The van der Waals surface area contributed by atoms with Crippen molar-refractivity contribution in [3.8, 4) is 0 Å². The minimum absolute atomic E-state index is 0.0332. The fourth-order valence-electron chi connectivity index (χ4n) is 1.01. The van der Waals surface area contributed by atoms with Crippen molar-refractivity contribution in [2.45, 2.75) is 26.4 Å². The third kappa shape index (κ3) is 4.10. The SMILES string of the molecule is CCC(C)OC(=O)c1cc(Br)cc(I)c1. The van der Waals surface area contributed by atoms with Gasteiger partial charge in [-0.2, -0.15) is 0 Å². The number of rotatable bonds is 3. The predicted octanol–water partition coefficient (Wildman–Crippen LogP) is 4.01. The van der Waals surface area contributed by atoms with Gasteiger partial charge >= 0.3 is 5.97 Å². The summed E-state index contributed by atoms with van der Waals surface area (Å²) >= 11 is 5.52. The second-order valence-electron chi connectivity index (χ2n) is 3.28. The molecule has 4 heteroatoms. The summed E-state index contributed by atoms with van der Waals surface area (Å²) in [6, 6.07) is 5.53. The Morgan fingerprint density at radius 3 is 2.73 bits per heavy atom. The first kappa shape index (κ1) is 13.0. The van der Waals surface area contributed by atoms with Crippen molar-refractivity contribution < 1.29 is 9.53 Å². The lowest BCUT2D eigenvalue weighted by molar-refractivity contribution is 0.0334. The Kier molecular flexibility index (Phi) is 5.05. The molecule has 1 atom stereocenters. The molecular weight excluding hydrogens is 371 g/mol. The lowest BCUT2D eigenvalue weighted by Gasteiger charge is -2.11. The molecule has 0 radical (unpaired) electrons. The van der Waals surface area contributed by atoms with E-state index in [9.17, 15) is 4.79 Å². The van der Waals surface area contributed by atoms with Gasteiger partial charge in [-0.15, -0.1) is 0 Å². The molecule has 0 aromatic heterocycles. The zero-order valence-corrected chi connectivity index (χ0v) is 12.3. The summed E-state index contributed by atoms with van der Waals surface area (Å²) in [7, 11) is 0. The highest BCUT2D eigenvalue weighted by Crippen LogP contribution is 2.18. The van der Waals surface area contributed by atoms with Crippen LogP contribution in [-0.4, -0.2) is 12.1 Å². The number of benzene rings is 1. The number of hydrogen-bond donors (Lipinski definition) is 0. The second kappa shape index (κ2) is 5.84. The summed E-state index contributed by atoms with van der Waals surface area (Å²) in [5.41, 5.74) is 0.592. The molecule has 0 aliphatic rings. The van der Waals surface area contributed by atoms with Gasteiger partial charge < -0.3 is 4.74 Å². The van der Waals surface area contributed by atoms with Gasteiger partial charge in [-0.05, 0) is 54.1 Å². The average Bonchev–Trinajstić information content (AvgIpc) is 2.16. The fourth-order valence-corrected chi connectivity index (χ4v) is 2.60. The molecule has 0 spiro atoms. The van der Waals surface area contributed by atoms with Crippen molar-refractivity contribution in [2.75, 3.05) is 0 Å². The third-order valence-electron chi connectivity index (χ3n) is 1.98. The predicted molar refractivity (Wildman–Crippen MR) is 72.0 cm³/mol. The first-order valence-corrected chi connectivity index (χ1v) is 6.57. The van der Waals surface area contributed by atoms with Crippen LogP contribution in [0.1, 0.15) is 30.6 Å². The topological polar surface area (TPSA) is 26.3 Å². The number of halogens is 2. The van der Waals surface area contributed by atoms with E-state index in [1.807, 2.05) is 26.0 Å². The molecule has 1 rings (SSSR count). The van der Waals surface area contributed by atoms with Gasteiger partial charge in [0.05, 0.1) is 11.7 Å². The van der Waals surface area contributed by atoms with Crippen molar-refractivity contribution in [3.05, 3.63) is 31.8 Å². The van der Waals surface area contributed by atoms with Crippen LogP contribution in [0.25, 0.3) is 0 Å². The molecular formula is C11H12BrIO2. The molecule has 0 amide bonds. The molecule has 0 aliphatic heterocycles. The zero-order valence-electron chi connectivity index (χ0n) is 8.59. The Balaban J connectivity index is 2.82. The minimum Gasteiger partial charge on any atom is -0.459 e. The highest BCUT2D eigenvalue weighted by atomic mass is 127. The molecule has 0 saturated carbocycles. The van der Waals surface area contributed by atoms with E-state index >= 15 is 0 Å². The Labute approximate surface area is 112 Å². The quantitative estimate of drug-likeness (QED) is 0.583. The van der Waals surface area contributed by atoms with Crippen molar-refractivity contribution in [1.82, 2.24) is 0 Å². The van der Waals surface area contributed by atoms with Crippen molar-refractivity contribution in [1.29, 1.82) is 0 Å². The van der Waals surface area contributed by atoms with E-state index in [0.717, 1.165) is 14.5 Å². The van der Waals surface area contributed by atoms with E-state index in [2.05, 4.69) is 38.5 Å². The standard InChI is InChI=1S/C11H12BrIO2/c1-3-7(2)15-11(14)8-4-9(12)6-10(13)5-8/h4-7H,3H2,1-2H3. The summed E-state index contributed by atoms with van der Waals surface area (Å²) in [5.74, 6) is -0.261. The normalized spacial score (nSPS) is 12.3. The van der Waals surface area contributed by atoms with Gasteiger partial charge in [-0.1, -0.05) is 22.9 Å². The number of hydrogen-bond acceptors (Lipinski definition) is 2. The summed E-state index contributed by atoms with van der Waals surface area (Å²) in [6.07, 6.45) is 0.797. The summed E-state index contributed by atoms with van der Waals surface area (Å²) in [4.78, 5) is 11.7. The molecule has 0 heterocycles. The highest BCUT2D eigenvalue weighted by Gasteiger charge is 2.11. The van der Waals surface area contributed by atoms with E-state index in [1.54, 1.807) is 6.07 Å². The van der Waals surface area contributed by atoms with Crippen LogP contribution in [0.4, 0.5) is 0 Å². The third-order valence-corrected chi connectivity index (χ3v) is 3.06. The number of esters is 1. The molecule has 2 nitrogen and oxygen atoms in total. The largest absolute Gasteiger partial charge is 0.459 e. The van der Waals surface area contributed by atoms with Gasteiger partial charge in [0, 0.05) is 8.04 Å². The van der Waals surface area contributed by atoms with Crippen LogP contribution < -0.4 is 0 Å². The minimum atomic E-state index is -0.261. The van der Waals surface area contributed by atoms with Crippen LogP contribution in [0.2, 0.25) is 0 Å². The van der Waals surface area contributed by atoms with Crippen molar-refractivity contribution in [3.63, 3.8) is 0 Å². The van der Waals surface area contributed by atoms with E-state index in [4.69, 9.17) is 4.74 Å². The molecule has 1 unspecified atom stereocenters. The number of carbonyl (C=O) groups is 1. The molecule has 1 aromatic rings. The summed E-state index contributed by atoms with van der Waals surface area (Å²) < 4.78 is 7.14. The number of ether oxygens (including phenoxy) is 1. The molecule has 1 aromatic carbocycles. The van der Waals surface area contributed by atoms with Gasteiger partial charge in [-0.25, -0.2) is 4.79 Å². The fraction of sp³-hybridized carbons (Fsp3) is 0.364. The molecule has 0 fully saturated rings. The lowest BCUT2D eigenvalue weighted by atomic mass is 10.2. The molecule has 0 aliphatic carbocycles. The maximum absolute atomic E-state index is 11.7. The van der Waals surface area contributed by atoms with E-state index < -0.39 is 0 Å². The molecule has 82 valence electrons. The van der Waals surface area contributed by atoms with Gasteiger partial charge in [-0.3, -0.25) is 0 Å². The molecule has 0 saturated heterocycles. The maximum atomic E-state index is 11.7. The summed E-state index contributed by atoms with van der Waals surface area (Å²) in [6.45, 7) is 3.88. The van der Waals surface area contributed by atoms with Crippen LogP contribution in [0, 0.1) is 3.57 Å². The van der Waals surface area contributed by atoms with E-state index in [1.165, 1.54) is 0 Å². The molecule has 0 N–H and O–H groups in total. The Morgan fingerprint density at radius 2 is 2.20 bits per heavy atom. The first-order valence-electron chi connectivity index (χ1n) is 4.70. The van der Waals surface area contributed by atoms with Crippen molar-refractivity contribution >= 4 is 44.5 Å². The number of carbonyl (C=O) groups excluding carboxylic acids is 1. The van der Waals surface area contributed by atoms with Gasteiger partial charge in [0.15, 0.2) is 0 Å². The van der Waals surface area contributed by atoms with Crippen LogP contribution >= 0.6 is 38.5 Å². The van der Waals surface area contributed by atoms with Crippen LogP contribution in [-0.2, 0) is 4.74 Å². The van der Waals surface area contributed by atoms with Gasteiger partial charge in [0.25, 0.3) is 0 Å². The Hall–Kier alpha value is -0.100. The van der Waals surface area contributed by atoms with Crippen LogP contribution in [0.3, 0.4) is 0 Å².